The summed E-state index contributed by atoms with van der Waals surface area (Å²) in [7, 11) is 0. The lowest BCUT2D eigenvalue weighted by atomic mass is 9.93. The molecule has 1 aromatic carbocycles. The van der Waals surface area contributed by atoms with Crippen LogP contribution in [0.2, 0.25) is 5.02 Å². The molecular formula is C23H27ClN4O2S. The SMILES string of the molecule is O=C(Nc1ccc(Cl)cn1)c1ccccc1NC(=O)C1CCN(C2CCSCC2)CC1. The van der Waals surface area contributed by atoms with Crippen molar-refractivity contribution in [1.82, 2.24) is 9.88 Å². The predicted molar refractivity (Wildman–Crippen MR) is 127 cm³/mol. The number of pyridine rings is 1. The van der Waals surface area contributed by atoms with Crippen LogP contribution in [0.4, 0.5) is 11.5 Å². The van der Waals surface area contributed by atoms with Gasteiger partial charge in [0.05, 0.1) is 16.3 Å². The summed E-state index contributed by atoms with van der Waals surface area (Å²) >= 11 is 7.89. The number of hydrogen-bond donors (Lipinski definition) is 2. The summed E-state index contributed by atoms with van der Waals surface area (Å²) in [6.07, 6.45) is 5.71. The third-order valence-corrected chi connectivity index (χ3v) is 7.28. The molecule has 8 heteroatoms. The minimum atomic E-state index is -0.323. The van der Waals surface area contributed by atoms with Crippen LogP contribution in [0.1, 0.15) is 36.0 Å². The van der Waals surface area contributed by atoms with Gasteiger partial charge in [0.2, 0.25) is 5.91 Å². The molecule has 0 bridgehead atoms. The molecule has 0 spiro atoms. The Morgan fingerprint density at radius 1 is 1.00 bits per heavy atom. The Bertz CT molecular complexity index is 910. The number of carbonyl (C=O) groups excluding carboxylic acids is 2. The number of carbonyl (C=O) groups is 2. The van der Waals surface area contributed by atoms with Crippen molar-refractivity contribution in [2.24, 2.45) is 5.92 Å². The summed E-state index contributed by atoms with van der Waals surface area (Å²) in [5.74, 6) is 2.54. The fourth-order valence-electron chi connectivity index (χ4n) is 4.24. The first kappa shape index (κ1) is 22.1. The smallest absolute Gasteiger partial charge is 0.258 e. The molecule has 3 heterocycles. The van der Waals surface area contributed by atoms with Gasteiger partial charge in [0.1, 0.15) is 5.82 Å². The van der Waals surface area contributed by atoms with Gasteiger partial charge in [0.25, 0.3) is 5.91 Å². The van der Waals surface area contributed by atoms with E-state index in [2.05, 4.69) is 20.5 Å². The van der Waals surface area contributed by atoms with Crippen LogP contribution in [0.3, 0.4) is 0 Å². The lowest BCUT2D eigenvalue weighted by Crippen LogP contribution is -2.45. The fraction of sp³-hybridized carbons (Fsp3) is 0.435. The highest BCUT2D eigenvalue weighted by Crippen LogP contribution is 2.27. The summed E-state index contributed by atoms with van der Waals surface area (Å²) in [6.45, 7) is 1.94. The largest absolute Gasteiger partial charge is 0.325 e. The van der Waals surface area contributed by atoms with Crippen molar-refractivity contribution in [2.45, 2.75) is 31.7 Å². The molecule has 2 N–H and O–H groups in total. The topological polar surface area (TPSA) is 74.3 Å². The van der Waals surface area contributed by atoms with Gasteiger partial charge in [0, 0.05) is 18.2 Å². The van der Waals surface area contributed by atoms with Crippen molar-refractivity contribution < 1.29 is 9.59 Å². The molecule has 2 aliphatic heterocycles. The molecule has 2 amide bonds. The number of aromatic nitrogens is 1. The molecule has 2 aromatic rings. The van der Waals surface area contributed by atoms with Crippen molar-refractivity contribution in [1.29, 1.82) is 0 Å². The lowest BCUT2D eigenvalue weighted by molar-refractivity contribution is -0.121. The van der Waals surface area contributed by atoms with Crippen LogP contribution in [-0.2, 0) is 4.79 Å². The molecule has 31 heavy (non-hydrogen) atoms. The number of benzene rings is 1. The lowest BCUT2D eigenvalue weighted by Gasteiger charge is -2.38. The molecular weight excluding hydrogens is 432 g/mol. The van der Waals surface area contributed by atoms with Gasteiger partial charge in [0.15, 0.2) is 0 Å². The Kier molecular flexibility index (Phi) is 7.48. The normalized spacial score (nSPS) is 18.5. The Balaban J connectivity index is 1.35. The van der Waals surface area contributed by atoms with Crippen molar-refractivity contribution in [3.63, 3.8) is 0 Å². The number of hydrogen-bond acceptors (Lipinski definition) is 5. The number of amides is 2. The van der Waals surface area contributed by atoms with Gasteiger partial charge in [-0.1, -0.05) is 23.7 Å². The second kappa shape index (κ2) is 10.5. The van der Waals surface area contributed by atoms with Crippen LogP contribution in [0.5, 0.6) is 0 Å². The van der Waals surface area contributed by atoms with E-state index in [-0.39, 0.29) is 17.7 Å². The van der Waals surface area contributed by atoms with Gasteiger partial charge in [-0.2, -0.15) is 11.8 Å². The van der Waals surface area contributed by atoms with Gasteiger partial charge in [-0.05, 0) is 74.5 Å². The Hall–Kier alpha value is -2.09. The van der Waals surface area contributed by atoms with Crippen LogP contribution < -0.4 is 10.6 Å². The van der Waals surface area contributed by atoms with Gasteiger partial charge in [-0.3, -0.25) is 9.59 Å². The van der Waals surface area contributed by atoms with Crippen LogP contribution >= 0.6 is 23.4 Å². The summed E-state index contributed by atoms with van der Waals surface area (Å²) in [5.41, 5.74) is 0.926. The number of thioether (sulfide) groups is 1. The number of para-hydroxylation sites is 1. The number of nitrogens with one attached hydrogen (secondary N) is 2. The molecule has 2 fully saturated rings. The first-order chi connectivity index (χ1) is 15.1. The number of anilines is 2. The van der Waals surface area contributed by atoms with Gasteiger partial charge in [-0.25, -0.2) is 4.98 Å². The van der Waals surface area contributed by atoms with E-state index < -0.39 is 0 Å². The van der Waals surface area contributed by atoms with Gasteiger partial charge >= 0.3 is 0 Å². The highest BCUT2D eigenvalue weighted by atomic mass is 35.5. The van der Waals surface area contributed by atoms with Crippen LogP contribution in [0.15, 0.2) is 42.6 Å². The van der Waals surface area contributed by atoms with E-state index >= 15 is 0 Å². The second-order valence-corrected chi connectivity index (χ2v) is 9.67. The quantitative estimate of drug-likeness (QED) is 0.688. The molecule has 2 saturated heterocycles. The first-order valence-corrected chi connectivity index (χ1v) is 12.3. The number of rotatable bonds is 5. The summed E-state index contributed by atoms with van der Waals surface area (Å²) in [4.78, 5) is 32.3. The third kappa shape index (κ3) is 5.79. The highest BCUT2D eigenvalue weighted by Gasteiger charge is 2.30. The monoisotopic (exact) mass is 458 g/mol. The van der Waals surface area contributed by atoms with Crippen molar-refractivity contribution in [3.8, 4) is 0 Å². The molecule has 0 aliphatic carbocycles. The van der Waals surface area contributed by atoms with Gasteiger partial charge < -0.3 is 15.5 Å². The van der Waals surface area contributed by atoms with E-state index in [0.29, 0.717) is 28.1 Å². The summed E-state index contributed by atoms with van der Waals surface area (Å²) < 4.78 is 0. The van der Waals surface area contributed by atoms with Gasteiger partial charge in [-0.15, -0.1) is 0 Å². The predicted octanol–water partition coefficient (Wildman–Crippen LogP) is 4.53. The minimum Gasteiger partial charge on any atom is -0.325 e. The van der Waals surface area contributed by atoms with E-state index in [1.54, 1.807) is 30.3 Å². The molecule has 164 valence electrons. The average molecular weight is 459 g/mol. The zero-order valence-electron chi connectivity index (χ0n) is 17.4. The zero-order chi connectivity index (χ0) is 21.6. The number of likely N-dealkylation sites (tertiary alicyclic amines) is 1. The van der Waals surface area contributed by atoms with Crippen LogP contribution in [0, 0.1) is 5.92 Å². The first-order valence-electron chi connectivity index (χ1n) is 10.7. The molecule has 6 nitrogen and oxygen atoms in total. The summed E-state index contributed by atoms with van der Waals surface area (Å²) in [5, 5.41) is 6.24. The van der Waals surface area contributed by atoms with E-state index in [1.807, 2.05) is 17.8 Å². The average Bonchev–Trinajstić information content (AvgIpc) is 2.81. The van der Waals surface area contributed by atoms with Crippen LogP contribution in [0.25, 0.3) is 0 Å². The minimum absolute atomic E-state index is 0.0104. The molecule has 0 saturated carbocycles. The molecule has 4 rings (SSSR count). The Labute approximate surface area is 192 Å². The molecule has 0 radical (unpaired) electrons. The third-order valence-electron chi connectivity index (χ3n) is 6.01. The number of piperidine rings is 1. The van der Waals surface area contributed by atoms with Crippen molar-refractivity contribution in [3.05, 3.63) is 53.2 Å². The number of nitrogens with zero attached hydrogens (tertiary/aromatic N) is 2. The van der Waals surface area contributed by atoms with Crippen molar-refractivity contribution >= 4 is 46.7 Å². The molecule has 1 aromatic heterocycles. The van der Waals surface area contributed by atoms with Crippen LogP contribution in [-0.4, -0.2) is 52.3 Å². The van der Waals surface area contributed by atoms with Crippen molar-refractivity contribution in [2.75, 3.05) is 35.2 Å². The van der Waals surface area contributed by atoms with E-state index in [4.69, 9.17) is 11.6 Å². The maximum absolute atomic E-state index is 12.9. The highest BCUT2D eigenvalue weighted by molar-refractivity contribution is 7.99. The summed E-state index contributed by atoms with van der Waals surface area (Å²) in [6, 6.07) is 11.0. The number of halogens is 1. The van der Waals surface area contributed by atoms with E-state index in [9.17, 15) is 9.59 Å². The molecule has 2 aliphatic rings. The Morgan fingerprint density at radius 2 is 1.74 bits per heavy atom. The molecule has 0 unspecified atom stereocenters. The van der Waals surface area contributed by atoms with E-state index in [1.165, 1.54) is 30.5 Å². The fourth-order valence-corrected chi connectivity index (χ4v) is 5.43. The Morgan fingerprint density at radius 3 is 2.45 bits per heavy atom. The van der Waals surface area contributed by atoms with E-state index in [0.717, 1.165) is 25.9 Å². The maximum Gasteiger partial charge on any atom is 0.258 e. The molecule has 0 atom stereocenters. The maximum atomic E-state index is 12.9. The standard InChI is InChI=1S/C23H27ClN4O2S/c24-17-5-6-21(25-15-17)27-23(30)19-3-1-2-4-20(19)26-22(29)16-7-11-28(12-8-16)18-9-13-31-14-10-18/h1-6,15-16,18H,7-14H2,(H,26,29)(H,25,27,30). The second-order valence-electron chi connectivity index (χ2n) is 8.00. The zero-order valence-corrected chi connectivity index (χ0v) is 18.9.